The second-order valence-electron chi connectivity index (χ2n) is 3.25. The van der Waals surface area contributed by atoms with Crippen molar-refractivity contribution >= 4 is 12.4 Å². The largest absolute Gasteiger partial charge is 0.480 e. The summed E-state index contributed by atoms with van der Waals surface area (Å²) in [5.41, 5.74) is -0.0665. The van der Waals surface area contributed by atoms with Crippen LogP contribution in [0.3, 0.4) is 0 Å². The van der Waals surface area contributed by atoms with E-state index in [1.165, 1.54) is 0 Å². The van der Waals surface area contributed by atoms with Gasteiger partial charge in [0.05, 0.1) is 0 Å². The van der Waals surface area contributed by atoms with Crippen LogP contribution >= 0.6 is 0 Å². The Balaban J connectivity index is 2.93. The molecule has 0 saturated heterocycles. The lowest BCUT2D eigenvalue weighted by molar-refractivity contribution is -0.140. The van der Waals surface area contributed by atoms with Gasteiger partial charge in [0.15, 0.2) is 17.5 Å². The van der Waals surface area contributed by atoms with Gasteiger partial charge in [-0.3, -0.25) is 4.79 Å². The van der Waals surface area contributed by atoms with Crippen molar-refractivity contribution in [2.24, 2.45) is 0 Å². The first kappa shape index (κ1) is 13.0. The van der Waals surface area contributed by atoms with Crippen LogP contribution in [0.4, 0.5) is 13.2 Å². The third-order valence-electron chi connectivity index (χ3n) is 2.05. The minimum atomic E-state index is -1.62. The van der Waals surface area contributed by atoms with Crippen LogP contribution in [-0.2, 0) is 16.0 Å². The fourth-order valence-electron chi connectivity index (χ4n) is 1.26. The molecule has 0 aromatic heterocycles. The third kappa shape index (κ3) is 3.20. The first-order valence-corrected chi connectivity index (χ1v) is 4.51. The fraction of sp³-hybridized carbons (Fsp3) is 0.200. The molecule has 0 spiro atoms. The highest BCUT2D eigenvalue weighted by Gasteiger charge is 2.19. The molecule has 1 aromatic rings. The average Bonchev–Trinajstić information content (AvgIpc) is 2.25. The molecule has 0 aliphatic carbocycles. The standard InChI is InChI=1S/C10H8F3NO3/c11-6-1-5(2-7(12)9(6)13)3-8(10(16)17)14-4-15/h1-2,4,8H,3H2,(H,14,15)(H,16,17). The van der Waals surface area contributed by atoms with E-state index in [1.54, 1.807) is 0 Å². The van der Waals surface area contributed by atoms with Gasteiger partial charge in [-0.1, -0.05) is 0 Å². The maximum absolute atomic E-state index is 12.8. The molecule has 7 heteroatoms. The molecule has 17 heavy (non-hydrogen) atoms. The summed E-state index contributed by atoms with van der Waals surface area (Å²) in [7, 11) is 0. The van der Waals surface area contributed by atoms with Gasteiger partial charge in [-0.25, -0.2) is 18.0 Å². The summed E-state index contributed by atoms with van der Waals surface area (Å²) in [6.07, 6.45) is -0.183. The number of benzene rings is 1. The van der Waals surface area contributed by atoms with Gasteiger partial charge in [-0.2, -0.15) is 0 Å². The zero-order valence-corrected chi connectivity index (χ0v) is 8.41. The maximum Gasteiger partial charge on any atom is 0.326 e. The average molecular weight is 247 g/mol. The summed E-state index contributed by atoms with van der Waals surface area (Å²) in [6, 6.07) is 0.0403. The van der Waals surface area contributed by atoms with Gasteiger partial charge < -0.3 is 10.4 Å². The number of aliphatic carboxylic acids is 1. The Labute approximate surface area is 94.1 Å². The summed E-state index contributed by atoms with van der Waals surface area (Å²) < 4.78 is 38.3. The number of hydrogen-bond acceptors (Lipinski definition) is 2. The first-order chi connectivity index (χ1) is 7.95. The van der Waals surface area contributed by atoms with Gasteiger partial charge in [0, 0.05) is 6.42 Å². The van der Waals surface area contributed by atoms with Crippen molar-refractivity contribution in [2.45, 2.75) is 12.5 Å². The molecule has 4 nitrogen and oxygen atoms in total. The van der Waals surface area contributed by atoms with E-state index >= 15 is 0 Å². The third-order valence-corrected chi connectivity index (χ3v) is 2.05. The lowest BCUT2D eigenvalue weighted by Crippen LogP contribution is -2.37. The monoisotopic (exact) mass is 247 g/mol. The molecule has 1 unspecified atom stereocenters. The molecule has 1 atom stereocenters. The number of carbonyl (C=O) groups is 2. The predicted molar refractivity (Wildman–Crippen MR) is 50.6 cm³/mol. The molecular formula is C10H8F3NO3. The predicted octanol–water partition coefficient (Wildman–Crippen LogP) is 0.846. The second kappa shape index (κ2) is 5.33. The Kier molecular flexibility index (Phi) is 4.08. The van der Waals surface area contributed by atoms with Crippen LogP contribution in [0, 0.1) is 17.5 Å². The van der Waals surface area contributed by atoms with Crippen molar-refractivity contribution in [3.63, 3.8) is 0 Å². The molecule has 0 fully saturated rings. The molecule has 2 N–H and O–H groups in total. The van der Waals surface area contributed by atoms with E-state index in [2.05, 4.69) is 0 Å². The van der Waals surface area contributed by atoms with Crippen LogP contribution < -0.4 is 5.32 Å². The quantitative estimate of drug-likeness (QED) is 0.598. The van der Waals surface area contributed by atoms with E-state index in [0.717, 1.165) is 0 Å². The topological polar surface area (TPSA) is 66.4 Å². The number of carboxylic acid groups (broad SMARTS) is 1. The van der Waals surface area contributed by atoms with E-state index in [1.807, 2.05) is 5.32 Å². The molecular weight excluding hydrogens is 239 g/mol. The van der Waals surface area contributed by atoms with Crippen molar-refractivity contribution in [3.8, 4) is 0 Å². The van der Waals surface area contributed by atoms with E-state index in [-0.39, 0.29) is 18.4 Å². The summed E-state index contributed by atoms with van der Waals surface area (Å²) in [4.78, 5) is 20.8. The summed E-state index contributed by atoms with van der Waals surface area (Å²) in [5, 5.41) is 10.6. The zero-order chi connectivity index (χ0) is 13.0. The molecule has 0 aliphatic heterocycles. The molecule has 0 aliphatic rings. The Morgan fingerprint density at radius 2 is 1.88 bits per heavy atom. The van der Waals surface area contributed by atoms with Crippen LogP contribution in [0.5, 0.6) is 0 Å². The Bertz CT molecular complexity index is 427. The van der Waals surface area contributed by atoms with Crippen LogP contribution in [0.1, 0.15) is 5.56 Å². The van der Waals surface area contributed by atoms with Crippen LogP contribution in [0.25, 0.3) is 0 Å². The molecule has 92 valence electrons. The van der Waals surface area contributed by atoms with Gasteiger partial charge in [-0.05, 0) is 17.7 Å². The lowest BCUT2D eigenvalue weighted by Gasteiger charge is -2.11. The zero-order valence-electron chi connectivity index (χ0n) is 8.41. The number of carbonyl (C=O) groups excluding carboxylic acids is 1. The number of nitrogens with one attached hydrogen (secondary N) is 1. The highest BCUT2D eigenvalue weighted by atomic mass is 19.2. The smallest absolute Gasteiger partial charge is 0.326 e. The molecule has 0 heterocycles. The van der Waals surface area contributed by atoms with Crippen LogP contribution in [-0.4, -0.2) is 23.5 Å². The molecule has 0 bridgehead atoms. The lowest BCUT2D eigenvalue weighted by atomic mass is 10.1. The van der Waals surface area contributed by atoms with Crippen molar-refractivity contribution in [2.75, 3.05) is 0 Å². The van der Waals surface area contributed by atoms with Gasteiger partial charge in [-0.15, -0.1) is 0 Å². The van der Waals surface area contributed by atoms with Crippen molar-refractivity contribution < 1.29 is 27.9 Å². The molecule has 0 saturated carbocycles. The fourth-order valence-corrected chi connectivity index (χ4v) is 1.26. The SMILES string of the molecule is O=CNC(Cc1cc(F)c(F)c(F)c1)C(=O)O. The number of carboxylic acids is 1. The second-order valence-corrected chi connectivity index (χ2v) is 3.25. The first-order valence-electron chi connectivity index (χ1n) is 4.51. The van der Waals surface area contributed by atoms with Gasteiger partial charge in [0.1, 0.15) is 6.04 Å². The van der Waals surface area contributed by atoms with Gasteiger partial charge in [0.25, 0.3) is 0 Å². The molecule has 1 rings (SSSR count). The number of rotatable bonds is 5. The van der Waals surface area contributed by atoms with Crippen molar-refractivity contribution in [3.05, 3.63) is 35.1 Å². The van der Waals surface area contributed by atoms with Crippen molar-refractivity contribution in [1.82, 2.24) is 5.32 Å². The Morgan fingerprint density at radius 1 is 1.35 bits per heavy atom. The summed E-state index contributed by atoms with van der Waals surface area (Å²) >= 11 is 0. The maximum atomic E-state index is 12.8. The minimum absolute atomic E-state index is 0.0665. The summed E-state index contributed by atoms with van der Waals surface area (Å²) in [5.74, 6) is -5.79. The number of amides is 1. The summed E-state index contributed by atoms with van der Waals surface area (Å²) in [6.45, 7) is 0. The van der Waals surface area contributed by atoms with Crippen LogP contribution in [0.2, 0.25) is 0 Å². The Morgan fingerprint density at radius 3 is 2.29 bits per heavy atom. The Hall–Kier alpha value is -2.05. The van der Waals surface area contributed by atoms with Crippen molar-refractivity contribution in [1.29, 1.82) is 0 Å². The van der Waals surface area contributed by atoms with E-state index < -0.39 is 29.5 Å². The molecule has 0 radical (unpaired) electrons. The number of hydrogen-bond donors (Lipinski definition) is 2. The van der Waals surface area contributed by atoms with E-state index in [9.17, 15) is 22.8 Å². The minimum Gasteiger partial charge on any atom is -0.480 e. The van der Waals surface area contributed by atoms with E-state index in [4.69, 9.17) is 5.11 Å². The van der Waals surface area contributed by atoms with Gasteiger partial charge in [0.2, 0.25) is 6.41 Å². The molecule has 1 amide bonds. The molecule has 1 aromatic carbocycles. The highest BCUT2D eigenvalue weighted by Crippen LogP contribution is 2.14. The highest BCUT2D eigenvalue weighted by molar-refractivity contribution is 5.76. The number of halogens is 3. The normalized spacial score (nSPS) is 11.9. The van der Waals surface area contributed by atoms with Crippen LogP contribution in [0.15, 0.2) is 12.1 Å². The van der Waals surface area contributed by atoms with Gasteiger partial charge >= 0.3 is 5.97 Å². The van der Waals surface area contributed by atoms with E-state index in [0.29, 0.717) is 12.1 Å².